The molecule has 1 amide bonds. The first kappa shape index (κ1) is 18.5. The minimum absolute atomic E-state index is 0.0537. The maximum absolute atomic E-state index is 14.5. The van der Waals surface area contributed by atoms with Crippen LogP contribution in [0.3, 0.4) is 0 Å². The zero-order valence-corrected chi connectivity index (χ0v) is 16.4. The minimum atomic E-state index is -0.540. The highest BCUT2D eigenvalue weighted by Crippen LogP contribution is 2.26. The molecule has 0 spiro atoms. The largest absolute Gasteiger partial charge is 0.329 e. The second kappa shape index (κ2) is 7.07. The Labute approximate surface area is 171 Å². The van der Waals surface area contributed by atoms with Crippen molar-refractivity contribution >= 4 is 16.7 Å². The molecule has 30 heavy (non-hydrogen) atoms. The van der Waals surface area contributed by atoms with Crippen LogP contribution in [-0.2, 0) is 6.42 Å². The van der Waals surface area contributed by atoms with Gasteiger partial charge in [0.15, 0.2) is 0 Å². The molecule has 0 aliphatic carbocycles. The van der Waals surface area contributed by atoms with Gasteiger partial charge in [0.05, 0.1) is 28.9 Å². The maximum Gasteiger partial charge on any atom is 0.272 e. The number of benzene rings is 2. The molecule has 0 unspecified atom stereocenters. The normalized spacial score (nSPS) is 15.9. The third-order valence-corrected chi connectivity index (χ3v) is 5.76. The molecule has 0 atom stereocenters. The average molecular weight is 405 g/mol. The monoisotopic (exact) mass is 405 g/mol. The quantitative estimate of drug-likeness (QED) is 0.695. The molecular formula is C22H20FN5O2. The van der Waals surface area contributed by atoms with Crippen molar-refractivity contribution in [2.75, 3.05) is 26.7 Å². The molecule has 8 heteroatoms. The lowest BCUT2D eigenvalue weighted by Crippen LogP contribution is -2.37. The Morgan fingerprint density at radius 2 is 1.97 bits per heavy atom. The number of nitrogens with zero attached hydrogens (tertiary/aromatic N) is 3. The van der Waals surface area contributed by atoms with Crippen molar-refractivity contribution in [1.82, 2.24) is 25.5 Å². The summed E-state index contributed by atoms with van der Waals surface area (Å²) in [5, 5.41) is 9.91. The van der Waals surface area contributed by atoms with Gasteiger partial charge in [0.25, 0.3) is 11.5 Å². The van der Waals surface area contributed by atoms with Gasteiger partial charge in [0.1, 0.15) is 5.82 Å². The molecule has 0 saturated carbocycles. The van der Waals surface area contributed by atoms with Gasteiger partial charge in [0.2, 0.25) is 0 Å². The Morgan fingerprint density at radius 3 is 2.77 bits per heavy atom. The highest BCUT2D eigenvalue weighted by molar-refractivity contribution is 5.95. The van der Waals surface area contributed by atoms with Crippen molar-refractivity contribution in [2.24, 2.45) is 0 Å². The Bertz CT molecular complexity index is 1270. The van der Waals surface area contributed by atoms with Crippen LogP contribution in [-0.4, -0.2) is 52.7 Å². The predicted octanol–water partition coefficient (Wildman–Crippen LogP) is 1.81. The molecule has 2 aliphatic heterocycles. The van der Waals surface area contributed by atoms with Crippen LogP contribution in [0, 0.1) is 5.82 Å². The molecule has 2 aromatic carbocycles. The first-order valence-corrected chi connectivity index (χ1v) is 9.73. The molecule has 152 valence electrons. The number of halogens is 1. The molecule has 0 fully saturated rings. The maximum atomic E-state index is 14.5. The number of nitrogens with one attached hydrogen (secondary N) is 2. The van der Waals surface area contributed by atoms with E-state index in [2.05, 4.69) is 15.6 Å². The number of aromatic amines is 1. The molecule has 2 aliphatic rings. The molecular weight excluding hydrogens is 385 g/mol. The lowest BCUT2D eigenvalue weighted by Gasteiger charge is -2.22. The van der Waals surface area contributed by atoms with Gasteiger partial charge in [-0.3, -0.25) is 9.59 Å². The van der Waals surface area contributed by atoms with Crippen LogP contribution in [0.4, 0.5) is 4.39 Å². The zero-order valence-electron chi connectivity index (χ0n) is 16.4. The van der Waals surface area contributed by atoms with E-state index < -0.39 is 5.82 Å². The Balaban J connectivity index is 1.43. The summed E-state index contributed by atoms with van der Waals surface area (Å²) in [4.78, 5) is 26.7. The van der Waals surface area contributed by atoms with Gasteiger partial charge in [-0.2, -0.15) is 5.10 Å². The van der Waals surface area contributed by atoms with Gasteiger partial charge >= 0.3 is 0 Å². The molecule has 7 nitrogen and oxygen atoms in total. The van der Waals surface area contributed by atoms with Crippen molar-refractivity contribution in [3.8, 4) is 0 Å². The fourth-order valence-electron chi connectivity index (χ4n) is 4.14. The van der Waals surface area contributed by atoms with Gasteiger partial charge < -0.3 is 9.91 Å². The Kier molecular flexibility index (Phi) is 4.36. The van der Waals surface area contributed by atoms with Gasteiger partial charge in [-0.1, -0.05) is 24.3 Å². The van der Waals surface area contributed by atoms with E-state index in [1.807, 2.05) is 24.2 Å². The van der Waals surface area contributed by atoms with Gasteiger partial charge in [0, 0.05) is 31.9 Å². The number of carbonyl (C=O) groups excluding carboxylic acids is 1. The van der Waals surface area contributed by atoms with Crippen molar-refractivity contribution in [3.63, 3.8) is 0 Å². The standard InChI is InChI=1S/C22H20FN5O2/c1-27-20-12-28(11-14(20)10-24-27)22(30)17-8-13(6-7-18(17)23)9-19-15-4-2-3-5-16(15)21(29)26-25-19/h2-8,24H,9-12H2,1H3,(H,26,29). The average Bonchev–Trinajstić information content (AvgIpc) is 3.33. The Morgan fingerprint density at radius 1 is 1.17 bits per heavy atom. The first-order chi connectivity index (χ1) is 14.5. The highest BCUT2D eigenvalue weighted by atomic mass is 19.1. The summed E-state index contributed by atoms with van der Waals surface area (Å²) < 4.78 is 14.5. The summed E-state index contributed by atoms with van der Waals surface area (Å²) in [6.45, 7) is 1.68. The minimum Gasteiger partial charge on any atom is -0.329 e. The fraction of sp³-hybridized carbons (Fsp3) is 0.227. The third kappa shape index (κ3) is 3.05. The molecule has 1 aromatic heterocycles. The molecule has 5 rings (SSSR count). The number of hydrazine groups is 1. The highest BCUT2D eigenvalue weighted by Gasteiger charge is 2.32. The SMILES string of the molecule is CN1NCC2=C1CN(C(=O)c1cc(Cc3n[nH]c(=O)c4ccccc34)ccc1F)C2. The summed E-state index contributed by atoms with van der Waals surface area (Å²) in [5.74, 6) is -0.863. The van der Waals surface area contributed by atoms with E-state index in [-0.39, 0.29) is 17.0 Å². The lowest BCUT2D eigenvalue weighted by atomic mass is 10.0. The number of fused-ring (bicyclic) bond motifs is 1. The second-order valence-corrected chi connectivity index (χ2v) is 7.64. The number of hydrogen-bond acceptors (Lipinski definition) is 5. The van der Waals surface area contributed by atoms with Crippen LogP contribution in [0.25, 0.3) is 10.8 Å². The van der Waals surface area contributed by atoms with E-state index in [1.54, 1.807) is 29.2 Å². The number of amides is 1. The number of likely N-dealkylation sites (N-methyl/N-ethyl adjacent to an activating group) is 1. The van der Waals surface area contributed by atoms with Crippen molar-refractivity contribution in [2.45, 2.75) is 6.42 Å². The molecule has 3 heterocycles. The second-order valence-electron chi connectivity index (χ2n) is 7.64. The summed E-state index contributed by atoms with van der Waals surface area (Å²) in [6.07, 6.45) is 0.374. The summed E-state index contributed by atoms with van der Waals surface area (Å²) in [6, 6.07) is 11.8. The van der Waals surface area contributed by atoms with Crippen molar-refractivity contribution in [3.05, 3.63) is 86.7 Å². The van der Waals surface area contributed by atoms with Crippen LogP contribution in [0.1, 0.15) is 21.6 Å². The van der Waals surface area contributed by atoms with E-state index in [4.69, 9.17) is 0 Å². The van der Waals surface area contributed by atoms with Crippen LogP contribution in [0.2, 0.25) is 0 Å². The van der Waals surface area contributed by atoms with Crippen molar-refractivity contribution in [1.29, 1.82) is 0 Å². The molecule has 0 saturated heterocycles. The van der Waals surface area contributed by atoms with Gasteiger partial charge in [-0.25, -0.2) is 14.9 Å². The Hall–Kier alpha value is -3.52. The first-order valence-electron chi connectivity index (χ1n) is 9.73. The molecule has 0 bridgehead atoms. The number of H-pyrrole nitrogens is 1. The van der Waals surface area contributed by atoms with Crippen LogP contribution in [0.5, 0.6) is 0 Å². The van der Waals surface area contributed by atoms with Gasteiger partial charge in [-0.05, 0) is 29.3 Å². The lowest BCUT2D eigenvalue weighted by molar-refractivity contribution is 0.0780. The number of hydrogen-bond donors (Lipinski definition) is 2. The van der Waals surface area contributed by atoms with E-state index >= 15 is 0 Å². The fourth-order valence-corrected chi connectivity index (χ4v) is 4.14. The summed E-state index contributed by atoms with van der Waals surface area (Å²) >= 11 is 0. The van der Waals surface area contributed by atoms with E-state index in [1.165, 1.54) is 6.07 Å². The molecule has 0 radical (unpaired) electrons. The summed E-state index contributed by atoms with van der Waals surface area (Å²) in [7, 11) is 1.92. The number of carbonyl (C=O) groups is 1. The van der Waals surface area contributed by atoms with Crippen LogP contribution in [0.15, 0.2) is 58.5 Å². The van der Waals surface area contributed by atoms with Crippen molar-refractivity contribution < 1.29 is 9.18 Å². The van der Waals surface area contributed by atoms with E-state index in [9.17, 15) is 14.0 Å². The number of aromatic nitrogens is 2. The van der Waals surface area contributed by atoms with Crippen LogP contribution >= 0.6 is 0 Å². The van der Waals surface area contributed by atoms with E-state index in [0.717, 1.165) is 22.2 Å². The number of rotatable bonds is 3. The molecule has 2 N–H and O–H groups in total. The zero-order chi connectivity index (χ0) is 20.8. The molecule has 3 aromatic rings. The summed E-state index contributed by atoms with van der Waals surface area (Å²) in [5.41, 5.74) is 6.66. The third-order valence-electron chi connectivity index (χ3n) is 5.76. The topological polar surface area (TPSA) is 81.3 Å². The van der Waals surface area contributed by atoms with E-state index in [0.29, 0.717) is 37.1 Å². The smallest absolute Gasteiger partial charge is 0.272 e. The predicted molar refractivity (Wildman–Crippen MR) is 110 cm³/mol. The van der Waals surface area contributed by atoms with Gasteiger partial charge in [-0.15, -0.1) is 0 Å². The van der Waals surface area contributed by atoms with Crippen LogP contribution < -0.4 is 11.0 Å².